The van der Waals surface area contributed by atoms with Gasteiger partial charge in [-0.1, -0.05) is 5.92 Å². The number of ether oxygens (including phenoxy) is 1. The molecular formula is C21H24F3NO3. The van der Waals surface area contributed by atoms with E-state index in [9.17, 15) is 18.0 Å². The van der Waals surface area contributed by atoms with Crippen LogP contribution in [0.1, 0.15) is 50.5 Å². The zero-order valence-electron chi connectivity index (χ0n) is 15.6. The van der Waals surface area contributed by atoms with Crippen molar-refractivity contribution in [3.05, 3.63) is 23.8 Å². The molecule has 3 rings (SSSR count). The molecule has 0 radical (unpaired) electrons. The van der Waals surface area contributed by atoms with Gasteiger partial charge in [-0.05, 0) is 62.0 Å². The molecule has 1 N–H and O–H groups in total. The summed E-state index contributed by atoms with van der Waals surface area (Å²) >= 11 is 0. The summed E-state index contributed by atoms with van der Waals surface area (Å²) < 4.78 is 41.8. The van der Waals surface area contributed by atoms with Crippen LogP contribution in [0, 0.1) is 23.7 Å². The fourth-order valence-corrected chi connectivity index (χ4v) is 4.52. The van der Waals surface area contributed by atoms with Gasteiger partial charge >= 0.3 is 12.3 Å². The number of rotatable bonds is 4. The predicted octanol–water partition coefficient (Wildman–Crippen LogP) is 4.82. The number of carboxylic acid groups (broad SMARTS) is 1. The highest BCUT2D eigenvalue weighted by Crippen LogP contribution is 2.47. The maximum absolute atomic E-state index is 12.6. The summed E-state index contributed by atoms with van der Waals surface area (Å²) in [5.74, 6) is 1.61. The molecule has 0 amide bonds. The van der Waals surface area contributed by atoms with E-state index >= 15 is 0 Å². The summed E-state index contributed by atoms with van der Waals surface area (Å²) in [6.45, 7) is 1.48. The quantitative estimate of drug-likeness (QED) is 0.743. The van der Waals surface area contributed by atoms with Crippen molar-refractivity contribution < 1.29 is 27.8 Å². The third kappa shape index (κ3) is 5.12. The molecule has 1 aliphatic carbocycles. The molecule has 152 valence electrons. The molecule has 0 aromatic heterocycles. The lowest BCUT2D eigenvalue weighted by Crippen LogP contribution is -2.42. The third-order valence-electron chi connectivity index (χ3n) is 6.11. The number of hydrogen-bond donors (Lipinski definition) is 1. The zero-order valence-corrected chi connectivity index (χ0v) is 15.6. The van der Waals surface area contributed by atoms with Gasteiger partial charge in [0.1, 0.15) is 5.75 Å². The van der Waals surface area contributed by atoms with Crippen molar-refractivity contribution in [2.75, 3.05) is 18.0 Å². The van der Waals surface area contributed by atoms with Crippen LogP contribution in [0.15, 0.2) is 18.2 Å². The van der Waals surface area contributed by atoms with Crippen molar-refractivity contribution in [1.82, 2.24) is 0 Å². The number of alkyl halides is 3. The number of anilines is 1. The maximum atomic E-state index is 12.6. The summed E-state index contributed by atoms with van der Waals surface area (Å²) in [7, 11) is 0. The third-order valence-corrected chi connectivity index (χ3v) is 6.11. The molecule has 28 heavy (non-hydrogen) atoms. The molecule has 1 spiro atoms. The first-order valence-electron chi connectivity index (χ1n) is 9.52. The average molecular weight is 395 g/mol. The number of aliphatic carboxylic acids is 1. The minimum atomic E-state index is -4.76. The normalized spacial score (nSPS) is 20.0. The van der Waals surface area contributed by atoms with E-state index in [4.69, 9.17) is 11.5 Å². The number of hydrogen-bond acceptors (Lipinski definition) is 3. The molecule has 0 bridgehead atoms. The molecular weight excluding hydrogens is 371 g/mol. The second kappa shape index (κ2) is 7.94. The Kier molecular flexibility index (Phi) is 5.78. The first kappa shape index (κ1) is 20.4. The van der Waals surface area contributed by atoms with Crippen molar-refractivity contribution in [1.29, 1.82) is 0 Å². The van der Waals surface area contributed by atoms with Crippen molar-refractivity contribution in [2.24, 2.45) is 11.3 Å². The Morgan fingerprint density at radius 2 is 1.86 bits per heavy atom. The highest BCUT2D eigenvalue weighted by atomic mass is 19.4. The summed E-state index contributed by atoms with van der Waals surface area (Å²) in [4.78, 5) is 13.0. The van der Waals surface area contributed by atoms with Crippen molar-refractivity contribution in [3.63, 3.8) is 0 Å². The summed E-state index contributed by atoms with van der Waals surface area (Å²) in [5.41, 5.74) is 1.22. The largest absolute Gasteiger partial charge is 0.573 e. The minimum absolute atomic E-state index is 0.223. The number of piperidine rings is 1. The van der Waals surface area contributed by atoms with Gasteiger partial charge in [-0.15, -0.1) is 19.6 Å². The predicted molar refractivity (Wildman–Crippen MR) is 99.2 cm³/mol. The van der Waals surface area contributed by atoms with E-state index in [2.05, 4.69) is 15.6 Å². The smallest absolute Gasteiger partial charge is 0.481 e. The lowest BCUT2D eigenvalue weighted by atomic mass is 9.65. The summed E-state index contributed by atoms with van der Waals surface area (Å²) in [6.07, 6.45) is 6.67. The minimum Gasteiger partial charge on any atom is -0.481 e. The summed E-state index contributed by atoms with van der Waals surface area (Å²) in [5, 5.41) is 8.96. The van der Waals surface area contributed by atoms with Crippen LogP contribution in [0.4, 0.5) is 18.9 Å². The van der Waals surface area contributed by atoms with Gasteiger partial charge in [0, 0.05) is 36.8 Å². The van der Waals surface area contributed by atoms with E-state index in [1.807, 2.05) is 0 Å². The van der Waals surface area contributed by atoms with Crippen LogP contribution < -0.4 is 9.64 Å². The highest BCUT2D eigenvalue weighted by molar-refractivity contribution is 5.67. The molecule has 1 heterocycles. The second-order valence-electron chi connectivity index (χ2n) is 7.94. The Morgan fingerprint density at radius 3 is 2.39 bits per heavy atom. The van der Waals surface area contributed by atoms with Crippen LogP contribution in [0.2, 0.25) is 0 Å². The fraction of sp³-hybridized carbons (Fsp3) is 0.571. The number of benzene rings is 1. The Morgan fingerprint density at radius 1 is 1.21 bits per heavy atom. The molecule has 2 fully saturated rings. The van der Waals surface area contributed by atoms with Crippen LogP contribution >= 0.6 is 0 Å². The SMILES string of the molecule is C#Cc1cc(OC(F)(F)F)cc(N2CCC3(CCC(CC(=O)O)CC3)CC2)c1. The van der Waals surface area contributed by atoms with Gasteiger partial charge in [0.2, 0.25) is 0 Å². The molecule has 7 heteroatoms. The Labute approximate surface area is 162 Å². The fourth-order valence-electron chi connectivity index (χ4n) is 4.52. The highest BCUT2D eigenvalue weighted by Gasteiger charge is 2.38. The lowest BCUT2D eigenvalue weighted by molar-refractivity contribution is -0.274. The number of carboxylic acids is 1. The van der Waals surface area contributed by atoms with E-state index in [0.717, 1.165) is 51.6 Å². The molecule has 1 aliphatic heterocycles. The molecule has 4 nitrogen and oxygen atoms in total. The van der Waals surface area contributed by atoms with Gasteiger partial charge in [0.25, 0.3) is 0 Å². The number of carbonyl (C=O) groups is 1. The molecule has 0 unspecified atom stereocenters. The lowest BCUT2D eigenvalue weighted by Gasteiger charge is -2.46. The van der Waals surface area contributed by atoms with Crippen molar-refractivity contribution in [2.45, 2.75) is 51.3 Å². The van der Waals surface area contributed by atoms with Gasteiger partial charge in [0.15, 0.2) is 0 Å². The van der Waals surface area contributed by atoms with Gasteiger partial charge in [-0.3, -0.25) is 4.79 Å². The molecule has 1 aromatic rings. The topological polar surface area (TPSA) is 49.8 Å². The molecule has 2 aliphatic rings. The molecule has 1 aromatic carbocycles. The zero-order chi connectivity index (χ0) is 20.4. The first-order valence-corrected chi connectivity index (χ1v) is 9.52. The van der Waals surface area contributed by atoms with Crippen LogP contribution in [0.3, 0.4) is 0 Å². The van der Waals surface area contributed by atoms with Gasteiger partial charge in [0.05, 0.1) is 0 Å². The van der Waals surface area contributed by atoms with Crippen LogP contribution in [-0.2, 0) is 4.79 Å². The van der Waals surface area contributed by atoms with E-state index in [0.29, 0.717) is 11.3 Å². The average Bonchev–Trinajstić information content (AvgIpc) is 2.62. The Balaban J connectivity index is 1.64. The standard InChI is InChI=1S/C21H24F3NO3/c1-2-15-11-17(14-18(12-15)28-21(22,23)24)25-9-7-20(8-10-25)5-3-16(4-6-20)13-19(26)27/h1,11-12,14,16H,3-10,13H2,(H,26,27). The van der Waals surface area contributed by atoms with Crippen LogP contribution in [0.25, 0.3) is 0 Å². The van der Waals surface area contributed by atoms with Gasteiger partial charge in [-0.25, -0.2) is 0 Å². The maximum Gasteiger partial charge on any atom is 0.573 e. The van der Waals surface area contributed by atoms with E-state index in [1.54, 1.807) is 6.07 Å². The van der Waals surface area contributed by atoms with Gasteiger partial charge in [-0.2, -0.15) is 0 Å². The number of halogens is 3. The molecule has 0 atom stereocenters. The van der Waals surface area contributed by atoms with Crippen LogP contribution in [-0.4, -0.2) is 30.5 Å². The molecule has 1 saturated heterocycles. The van der Waals surface area contributed by atoms with E-state index in [-0.39, 0.29) is 23.5 Å². The monoisotopic (exact) mass is 395 g/mol. The van der Waals surface area contributed by atoms with Gasteiger partial charge < -0.3 is 14.7 Å². The van der Waals surface area contributed by atoms with Crippen molar-refractivity contribution in [3.8, 4) is 18.1 Å². The Hall–Kier alpha value is -2.36. The van der Waals surface area contributed by atoms with Crippen molar-refractivity contribution >= 4 is 11.7 Å². The second-order valence-corrected chi connectivity index (χ2v) is 7.94. The Bertz CT molecular complexity index is 751. The van der Waals surface area contributed by atoms with Crippen LogP contribution in [0.5, 0.6) is 5.75 Å². The first-order chi connectivity index (χ1) is 13.2. The van der Waals surface area contributed by atoms with E-state index in [1.165, 1.54) is 12.1 Å². The number of terminal acetylenes is 1. The number of nitrogens with zero attached hydrogens (tertiary/aromatic N) is 1. The van der Waals surface area contributed by atoms with E-state index < -0.39 is 12.3 Å². The summed E-state index contributed by atoms with van der Waals surface area (Å²) in [6, 6.07) is 4.31. The molecule has 1 saturated carbocycles.